The summed E-state index contributed by atoms with van der Waals surface area (Å²) in [5, 5.41) is 0. The normalized spacial score (nSPS) is 16.1. The summed E-state index contributed by atoms with van der Waals surface area (Å²) in [5.74, 6) is -0.0343. The first-order valence-corrected chi connectivity index (χ1v) is 6.70. The predicted molar refractivity (Wildman–Crippen MR) is 75.3 cm³/mol. The molecule has 0 spiro atoms. The number of ether oxygens (including phenoxy) is 1. The smallest absolute Gasteiger partial charge is 0.340 e. The standard InChI is InChI=1S/C14H21N3O2/c1-17(10-6-4-3-5-7-10)12-9-16-13(15)8-11(12)14(18)19-2/h8-10H,3-7H2,1-2H3,(H2,15,16). The number of nitrogen functional groups attached to an aromatic ring is 1. The van der Waals surface area contributed by atoms with Crippen LogP contribution < -0.4 is 10.6 Å². The molecule has 0 saturated heterocycles. The molecule has 0 bridgehead atoms. The lowest BCUT2D eigenvalue weighted by Crippen LogP contribution is -2.34. The summed E-state index contributed by atoms with van der Waals surface area (Å²) >= 11 is 0. The lowest BCUT2D eigenvalue weighted by atomic mass is 9.94. The molecule has 1 aliphatic rings. The van der Waals surface area contributed by atoms with E-state index in [1.807, 2.05) is 7.05 Å². The number of pyridine rings is 1. The molecule has 0 unspecified atom stereocenters. The quantitative estimate of drug-likeness (QED) is 0.847. The highest BCUT2D eigenvalue weighted by Gasteiger charge is 2.23. The first-order valence-electron chi connectivity index (χ1n) is 6.70. The number of nitrogens with two attached hydrogens (primary N) is 1. The highest BCUT2D eigenvalue weighted by Crippen LogP contribution is 2.29. The van der Waals surface area contributed by atoms with Crippen LogP contribution in [0.15, 0.2) is 12.3 Å². The molecule has 2 rings (SSSR count). The van der Waals surface area contributed by atoms with E-state index in [9.17, 15) is 4.79 Å². The van der Waals surface area contributed by atoms with Gasteiger partial charge in [-0.2, -0.15) is 0 Å². The number of esters is 1. The zero-order valence-corrected chi connectivity index (χ0v) is 11.6. The molecule has 0 radical (unpaired) electrons. The van der Waals surface area contributed by atoms with Gasteiger partial charge in [-0.15, -0.1) is 0 Å². The number of methoxy groups -OCH3 is 1. The average molecular weight is 263 g/mol. The molecule has 2 N–H and O–H groups in total. The molecule has 0 amide bonds. The van der Waals surface area contributed by atoms with Gasteiger partial charge in [0.2, 0.25) is 0 Å². The van der Waals surface area contributed by atoms with E-state index < -0.39 is 0 Å². The Morgan fingerprint density at radius 2 is 2.11 bits per heavy atom. The maximum absolute atomic E-state index is 11.8. The molecule has 104 valence electrons. The second kappa shape index (κ2) is 5.91. The molecule has 1 fully saturated rings. The van der Waals surface area contributed by atoms with Crippen molar-refractivity contribution in [2.24, 2.45) is 0 Å². The van der Waals surface area contributed by atoms with E-state index in [1.54, 1.807) is 12.3 Å². The maximum Gasteiger partial charge on any atom is 0.340 e. The number of anilines is 2. The van der Waals surface area contributed by atoms with Gasteiger partial charge in [0.25, 0.3) is 0 Å². The summed E-state index contributed by atoms with van der Waals surface area (Å²) in [7, 11) is 3.39. The minimum Gasteiger partial charge on any atom is -0.465 e. The zero-order chi connectivity index (χ0) is 13.8. The minimum atomic E-state index is -0.369. The third-order valence-corrected chi connectivity index (χ3v) is 3.81. The van der Waals surface area contributed by atoms with Crippen molar-refractivity contribution in [3.63, 3.8) is 0 Å². The average Bonchev–Trinajstić information content (AvgIpc) is 2.46. The lowest BCUT2D eigenvalue weighted by Gasteiger charge is -2.33. The Bertz CT molecular complexity index is 456. The van der Waals surface area contributed by atoms with Gasteiger partial charge < -0.3 is 15.4 Å². The number of hydrogen-bond acceptors (Lipinski definition) is 5. The van der Waals surface area contributed by atoms with Gasteiger partial charge in [0.15, 0.2) is 0 Å². The molecule has 1 heterocycles. The zero-order valence-electron chi connectivity index (χ0n) is 11.6. The Morgan fingerprint density at radius 3 is 2.74 bits per heavy atom. The summed E-state index contributed by atoms with van der Waals surface area (Å²) in [6.07, 6.45) is 7.75. The van der Waals surface area contributed by atoms with E-state index in [2.05, 4.69) is 9.88 Å². The molecular weight excluding hydrogens is 242 g/mol. The maximum atomic E-state index is 11.8. The predicted octanol–water partition coefficient (Wildman–Crippen LogP) is 2.22. The fourth-order valence-electron chi connectivity index (χ4n) is 2.68. The molecule has 0 aliphatic heterocycles. The summed E-state index contributed by atoms with van der Waals surface area (Å²) in [4.78, 5) is 18.1. The number of rotatable bonds is 3. The van der Waals surface area contributed by atoms with E-state index in [0.717, 1.165) is 18.5 Å². The Balaban J connectivity index is 2.29. The van der Waals surface area contributed by atoms with Gasteiger partial charge in [0, 0.05) is 13.1 Å². The van der Waals surface area contributed by atoms with Crippen LogP contribution in [0.2, 0.25) is 0 Å². The molecule has 19 heavy (non-hydrogen) atoms. The fourth-order valence-corrected chi connectivity index (χ4v) is 2.68. The van der Waals surface area contributed by atoms with Crippen LogP contribution in [0.1, 0.15) is 42.5 Å². The Kier molecular flexibility index (Phi) is 4.24. The van der Waals surface area contributed by atoms with Crippen LogP contribution >= 0.6 is 0 Å². The van der Waals surface area contributed by atoms with Crippen molar-refractivity contribution in [2.75, 3.05) is 24.8 Å². The Morgan fingerprint density at radius 1 is 1.42 bits per heavy atom. The monoisotopic (exact) mass is 263 g/mol. The van der Waals surface area contributed by atoms with Crippen LogP contribution in [0.25, 0.3) is 0 Å². The van der Waals surface area contributed by atoms with Gasteiger partial charge in [-0.1, -0.05) is 19.3 Å². The van der Waals surface area contributed by atoms with Crippen molar-refractivity contribution in [2.45, 2.75) is 38.1 Å². The van der Waals surface area contributed by atoms with E-state index in [0.29, 0.717) is 17.4 Å². The van der Waals surface area contributed by atoms with E-state index in [-0.39, 0.29) is 5.97 Å². The molecule has 1 aromatic rings. The summed E-state index contributed by atoms with van der Waals surface area (Å²) in [6, 6.07) is 2.04. The summed E-state index contributed by atoms with van der Waals surface area (Å²) in [6.45, 7) is 0. The van der Waals surface area contributed by atoms with Gasteiger partial charge in [0.1, 0.15) is 5.82 Å². The topological polar surface area (TPSA) is 68.5 Å². The minimum absolute atomic E-state index is 0.334. The third kappa shape index (κ3) is 2.97. The fraction of sp³-hybridized carbons (Fsp3) is 0.571. The van der Waals surface area contributed by atoms with Crippen LogP contribution in [0.3, 0.4) is 0 Å². The van der Waals surface area contributed by atoms with Gasteiger partial charge in [-0.25, -0.2) is 9.78 Å². The molecule has 0 aromatic carbocycles. The largest absolute Gasteiger partial charge is 0.465 e. The molecule has 1 aliphatic carbocycles. The first-order chi connectivity index (χ1) is 9.13. The van der Waals surface area contributed by atoms with Crippen molar-refractivity contribution in [1.29, 1.82) is 0 Å². The highest BCUT2D eigenvalue weighted by molar-refractivity contribution is 5.96. The highest BCUT2D eigenvalue weighted by atomic mass is 16.5. The van der Waals surface area contributed by atoms with Crippen LogP contribution in [-0.2, 0) is 4.74 Å². The number of carbonyl (C=O) groups is 1. The third-order valence-electron chi connectivity index (χ3n) is 3.81. The van der Waals surface area contributed by atoms with Crippen molar-refractivity contribution in [1.82, 2.24) is 4.98 Å². The van der Waals surface area contributed by atoms with Crippen LogP contribution in [0.4, 0.5) is 11.5 Å². The SMILES string of the molecule is COC(=O)c1cc(N)ncc1N(C)C1CCCCC1. The number of carbonyl (C=O) groups excluding carboxylic acids is 1. The van der Waals surface area contributed by atoms with E-state index in [1.165, 1.54) is 26.4 Å². The Labute approximate surface area is 113 Å². The molecule has 0 atom stereocenters. The van der Waals surface area contributed by atoms with E-state index >= 15 is 0 Å². The Hall–Kier alpha value is -1.78. The van der Waals surface area contributed by atoms with Crippen LogP contribution in [-0.4, -0.2) is 31.2 Å². The summed E-state index contributed by atoms with van der Waals surface area (Å²) < 4.78 is 4.82. The second-order valence-electron chi connectivity index (χ2n) is 5.02. The van der Waals surface area contributed by atoms with E-state index in [4.69, 9.17) is 10.5 Å². The first kappa shape index (κ1) is 13.6. The molecular formula is C14H21N3O2. The van der Waals surface area contributed by atoms with Crippen molar-refractivity contribution >= 4 is 17.5 Å². The second-order valence-corrected chi connectivity index (χ2v) is 5.02. The number of nitrogens with zero attached hydrogens (tertiary/aromatic N) is 2. The van der Waals surface area contributed by atoms with Gasteiger partial charge in [0.05, 0.1) is 24.6 Å². The van der Waals surface area contributed by atoms with Crippen LogP contribution in [0, 0.1) is 0 Å². The summed E-state index contributed by atoms with van der Waals surface area (Å²) in [5.41, 5.74) is 6.95. The van der Waals surface area contributed by atoms with Gasteiger partial charge >= 0.3 is 5.97 Å². The lowest BCUT2D eigenvalue weighted by molar-refractivity contribution is 0.0601. The van der Waals surface area contributed by atoms with Gasteiger partial charge in [-0.05, 0) is 18.9 Å². The van der Waals surface area contributed by atoms with Crippen LogP contribution in [0.5, 0.6) is 0 Å². The van der Waals surface area contributed by atoms with Crippen molar-refractivity contribution < 1.29 is 9.53 Å². The molecule has 5 heteroatoms. The van der Waals surface area contributed by atoms with Crippen molar-refractivity contribution in [3.8, 4) is 0 Å². The molecule has 1 saturated carbocycles. The van der Waals surface area contributed by atoms with Gasteiger partial charge in [-0.3, -0.25) is 0 Å². The molecule has 5 nitrogen and oxygen atoms in total. The van der Waals surface area contributed by atoms with Crippen molar-refractivity contribution in [3.05, 3.63) is 17.8 Å². The number of aromatic nitrogens is 1. The number of hydrogen-bond donors (Lipinski definition) is 1. The molecule has 1 aromatic heterocycles.